The minimum atomic E-state index is -0.614. The molecule has 3 N–H and O–H groups in total. The minimum absolute atomic E-state index is 0.000348. The quantitative estimate of drug-likeness (QED) is 0.260. The average Bonchev–Trinajstić information content (AvgIpc) is 3.48. The predicted octanol–water partition coefficient (Wildman–Crippen LogP) is 1.47. The topological polar surface area (TPSA) is 193 Å². The van der Waals surface area contributed by atoms with Crippen LogP contribution in [0.2, 0.25) is 0 Å². The number of hydrazone groups is 1. The molecule has 0 aliphatic heterocycles. The minimum Gasteiger partial charge on any atom is -0.455 e. The highest BCUT2D eigenvalue weighted by atomic mass is 16.6. The normalized spacial score (nSPS) is 11.1. The summed E-state index contributed by atoms with van der Waals surface area (Å²) < 4.78 is 11.3. The maximum Gasteiger partial charge on any atom is 0.293 e. The van der Waals surface area contributed by atoms with Crippen LogP contribution in [-0.4, -0.2) is 42.4 Å². The Morgan fingerprint density at radius 1 is 1.26 bits per heavy atom. The summed E-state index contributed by atoms with van der Waals surface area (Å²) >= 11 is 0. The number of nitrogens with zero attached hydrogens (tertiary/aromatic N) is 7. The molecule has 4 rings (SSSR count). The van der Waals surface area contributed by atoms with Crippen LogP contribution in [-0.2, 0) is 0 Å². The van der Waals surface area contributed by atoms with Crippen LogP contribution >= 0.6 is 0 Å². The van der Waals surface area contributed by atoms with Crippen molar-refractivity contribution in [2.24, 2.45) is 5.10 Å². The molecule has 3 aromatic heterocycles. The molecule has 0 saturated heterocycles. The maximum atomic E-state index is 12.3. The Kier molecular flexibility index (Phi) is 4.93. The number of aromatic nitrogens is 5. The summed E-state index contributed by atoms with van der Waals surface area (Å²) in [6.45, 7) is 1.59. The van der Waals surface area contributed by atoms with Gasteiger partial charge in [0.2, 0.25) is 11.6 Å². The van der Waals surface area contributed by atoms with E-state index in [4.69, 9.17) is 10.2 Å². The molecule has 0 atom stereocenters. The molecule has 1 amide bonds. The van der Waals surface area contributed by atoms with Crippen molar-refractivity contribution in [3.05, 3.63) is 63.7 Å². The zero-order valence-corrected chi connectivity index (χ0v) is 15.8. The molecule has 0 radical (unpaired) electrons. The summed E-state index contributed by atoms with van der Waals surface area (Å²) in [5.41, 5.74) is 8.93. The number of nitrogen functional groups attached to an aromatic ring is 1. The Labute approximate surface area is 172 Å². The fraction of sp³-hybridized carbons (Fsp3) is 0.0588. The van der Waals surface area contributed by atoms with E-state index in [1.807, 2.05) is 0 Å². The number of nitrogens with one attached hydrogen (secondary N) is 1. The smallest absolute Gasteiger partial charge is 0.293 e. The Morgan fingerprint density at radius 2 is 2.03 bits per heavy atom. The largest absolute Gasteiger partial charge is 0.455 e. The molecule has 0 spiro atoms. The highest BCUT2D eigenvalue weighted by Gasteiger charge is 2.20. The predicted molar refractivity (Wildman–Crippen MR) is 104 cm³/mol. The summed E-state index contributed by atoms with van der Waals surface area (Å²) in [6, 6.07) is 9.21. The summed E-state index contributed by atoms with van der Waals surface area (Å²) in [5, 5.41) is 29.2. The van der Waals surface area contributed by atoms with Crippen LogP contribution in [0, 0.1) is 17.0 Å². The van der Waals surface area contributed by atoms with Gasteiger partial charge in [-0.1, -0.05) is 5.21 Å². The number of rotatable bonds is 6. The lowest BCUT2D eigenvalue weighted by Crippen LogP contribution is -2.19. The highest BCUT2D eigenvalue weighted by molar-refractivity contribution is 5.94. The first-order valence-electron chi connectivity index (χ1n) is 8.63. The lowest BCUT2D eigenvalue weighted by molar-refractivity contribution is -0.384. The molecule has 3 heterocycles. The van der Waals surface area contributed by atoms with Crippen molar-refractivity contribution in [1.82, 2.24) is 30.7 Å². The van der Waals surface area contributed by atoms with Gasteiger partial charge < -0.3 is 10.2 Å². The van der Waals surface area contributed by atoms with E-state index in [2.05, 4.69) is 35.8 Å². The molecule has 1 aromatic carbocycles. The standard InChI is InChI=1S/C17H13N9O5/c1-9-14(20-24-25(9)16-15(18)22-31-23-16)17(27)21-19-8-12-6-7-13(30-12)10-2-4-11(5-3-10)26(28)29/h2-8H,1H3,(H2,18,22)(H,21,27)/b19-8+. The SMILES string of the molecule is Cc1c(C(=O)N/N=C/c2ccc(-c3ccc([N+](=O)[O-])cc3)o2)nnn1-c1nonc1N. The number of amides is 1. The van der Waals surface area contributed by atoms with E-state index < -0.39 is 10.8 Å². The van der Waals surface area contributed by atoms with Crippen molar-refractivity contribution in [3.8, 4) is 17.1 Å². The van der Waals surface area contributed by atoms with Gasteiger partial charge in [0.25, 0.3) is 11.6 Å². The monoisotopic (exact) mass is 423 g/mol. The zero-order chi connectivity index (χ0) is 22.0. The number of nitro benzene ring substituents is 1. The average molecular weight is 423 g/mol. The first-order chi connectivity index (χ1) is 14.9. The number of non-ortho nitro benzene ring substituents is 1. The van der Waals surface area contributed by atoms with Gasteiger partial charge >= 0.3 is 0 Å². The summed E-state index contributed by atoms with van der Waals surface area (Å²) in [6.07, 6.45) is 1.30. The van der Waals surface area contributed by atoms with E-state index in [0.717, 1.165) is 0 Å². The second kappa shape index (κ2) is 7.86. The Hall–Kier alpha value is -4.88. The van der Waals surface area contributed by atoms with E-state index in [0.29, 0.717) is 22.8 Å². The number of benzene rings is 1. The number of hydrogen-bond acceptors (Lipinski definition) is 11. The van der Waals surface area contributed by atoms with E-state index >= 15 is 0 Å². The van der Waals surface area contributed by atoms with Gasteiger partial charge in [0, 0.05) is 17.7 Å². The van der Waals surface area contributed by atoms with Crippen LogP contribution < -0.4 is 11.2 Å². The Morgan fingerprint density at radius 3 is 2.71 bits per heavy atom. The van der Waals surface area contributed by atoms with E-state index in [1.165, 1.54) is 23.0 Å². The van der Waals surface area contributed by atoms with Crippen molar-refractivity contribution in [1.29, 1.82) is 0 Å². The van der Waals surface area contributed by atoms with E-state index in [9.17, 15) is 14.9 Å². The van der Waals surface area contributed by atoms with Crippen molar-refractivity contribution in [2.75, 3.05) is 5.73 Å². The molecule has 0 fully saturated rings. The lowest BCUT2D eigenvalue weighted by Gasteiger charge is -1.99. The maximum absolute atomic E-state index is 12.3. The summed E-state index contributed by atoms with van der Waals surface area (Å²) in [4.78, 5) is 22.6. The number of nitrogens with two attached hydrogens (primary N) is 1. The number of carbonyl (C=O) groups is 1. The second-order valence-electron chi connectivity index (χ2n) is 6.11. The number of carbonyl (C=O) groups excluding carboxylic acids is 1. The molecule has 0 aliphatic rings. The third kappa shape index (κ3) is 3.84. The van der Waals surface area contributed by atoms with Gasteiger partial charge in [-0.05, 0) is 41.5 Å². The third-order valence-corrected chi connectivity index (χ3v) is 4.15. The molecule has 14 nitrogen and oxygen atoms in total. The van der Waals surface area contributed by atoms with Gasteiger partial charge in [-0.2, -0.15) is 9.78 Å². The van der Waals surface area contributed by atoms with Gasteiger partial charge in [-0.3, -0.25) is 14.9 Å². The summed E-state index contributed by atoms with van der Waals surface area (Å²) in [7, 11) is 0. The Balaban J connectivity index is 1.43. The van der Waals surface area contributed by atoms with Crippen molar-refractivity contribution in [3.63, 3.8) is 0 Å². The van der Waals surface area contributed by atoms with E-state index in [1.54, 1.807) is 31.2 Å². The molecule has 14 heteroatoms. The molecule has 156 valence electrons. The van der Waals surface area contributed by atoms with Crippen LogP contribution in [0.3, 0.4) is 0 Å². The first-order valence-corrected chi connectivity index (χ1v) is 8.63. The molecule has 4 aromatic rings. The van der Waals surface area contributed by atoms with Crippen molar-refractivity contribution >= 4 is 23.6 Å². The fourth-order valence-electron chi connectivity index (χ4n) is 2.61. The molecule has 0 saturated carbocycles. The zero-order valence-electron chi connectivity index (χ0n) is 15.8. The number of furan rings is 1. The lowest BCUT2D eigenvalue weighted by atomic mass is 10.1. The van der Waals surface area contributed by atoms with Crippen LogP contribution in [0.15, 0.2) is 50.5 Å². The van der Waals surface area contributed by atoms with Crippen LogP contribution in [0.4, 0.5) is 11.5 Å². The second-order valence-corrected chi connectivity index (χ2v) is 6.11. The van der Waals surface area contributed by atoms with Gasteiger partial charge in [0.15, 0.2) is 5.69 Å². The summed E-state index contributed by atoms with van der Waals surface area (Å²) in [5.74, 6) is 0.342. The highest BCUT2D eigenvalue weighted by Crippen LogP contribution is 2.24. The van der Waals surface area contributed by atoms with Crippen molar-refractivity contribution in [2.45, 2.75) is 6.92 Å². The molecule has 0 bridgehead atoms. The first kappa shape index (κ1) is 19.4. The van der Waals surface area contributed by atoms with Gasteiger partial charge in [0.05, 0.1) is 16.8 Å². The van der Waals surface area contributed by atoms with Crippen LogP contribution in [0.5, 0.6) is 0 Å². The molecule has 0 aliphatic carbocycles. The van der Waals surface area contributed by atoms with E-state index in [-0.39, 0.29) is 23.0 Å². The number of hydrogen-bond donors (Lipinski definition) is 2. The van der Waals surface area contributed by atoms with Gasteiger partial charge in [0.1, 0.15) is 11.5 Å². The number of anilines is 1. The number of nitro groups is 1. The third-order valence-electron chi connectivity index (χ3n) is 4.15. The molecule has 0 unspecified atom stereocenters. The van der Waals surface area contributed by atoms with Crippen molar-refractivity contribution < 1.29 is 18.8 Å². The molecular formula is C17H13N9O5. The van der Waals surface area contributed by atoms with Crippen LogP contribution in [0.25, 0.3) is 17.1 Å². The Bertz CT molecular complexity index is 1290. The molecular weight excluding hydrogens is 410 g/mol. The fourth-order valence-corrected chi connectivity index (χ4v) is 2.61. The molecule has 31 heavy (non-hydrogen) atoms. The van der Waals surface area contributed by atoms with Crippen LogP contribution in [0.1, 0.15) is 21.9 Å². The van der Waals surface area contributed by atoms with Gasteiger partial charge in [-0.25, -0.2) is 10.1 Å². The van der Waals surface area contributed by atoms with Gasteiger partial charge in [-0.15, -0.1) is 5.10 Å².